The molecule has 3 N–H and O–H groups in total. The van der Waals surface area contributed by atoms with Gasteiger partial charge in [-0.15, -0.1) is 11.3 Å². The second-order valence-corrected chi connectivity index (χ2v) is 8.16. The van der Waals surface area contributed by atoms with Crippen LogP contribution in [0.5, 0.6) is 0 Å². The first-order valence-corrected chi connectivity index (χ1v) is 8.97. The van der Waals surface area contributed by atoms with Crippen molar-refractivity contribution in [1.82, 2.24) is 9.71 Å². The Hall–Kier alpha value is -0.480. The lowest BCUT2D eigenvalue weighted by Gasteiger charge is -2.08. The topological polar surface area (TPSA) is 85.1 Å². The Kier molecular flexibility index (Phi) is 4.62. The Morgan fingerprint density at radius 2 is 2.05 bits per heavy atom. The molecule has 19 heavy (non-hydrogen) atoms. The number of nitrogens with two attached hydrogens (primary N) is 1. The zero-order chi connectivity index (χ0) is 14.0. The summed E-state index contributed by atoms with van der Waals surface area (Å²) >= 11 is 7.95. The van der Waals surface area contributed by atoms with Crippen LogP contribution in [0.25, 0.3) is 0 Å². The molecule has 2 rings (SSSR count). The van der Waals surface area contributed by atoms with Crippen molar-refractivity contribution >= 4 is 59.0 Å². The maximum atomic E-state index is 12.1. The zero-order valence-electron chi connectivity index (χ0n) is 9.43. The van der Waals surface area contributed by atoms with Gasteiger partial charge in [0.25, 0.3) is 0 Å². The third-order valence-electron chi connectivity index (χ3n) is 2.20. The van der Waals surface area contributed by atoms with Gasteiger partial charge in [-0.3, -0.25) is 0 Å². The molecule has 0 spiro atoms. The molecule has 5 nitrogen and oxygen atoms in total. The quantitative estimate of drug-likeness (QED) is 0.786. The first-order valence-electron chi connectivity index (χ1n) is 5.02. The number of anilines is 1. The lowest BCUT2D eigenvalue weighted by Crippen LogP contribution is -2.24. The smallest absolute Gasteiger partial charge is 0.244 e. The normalized spacial score (nSPS) is 11.7. The van der Waals surface area contributed by atoms with Crippen LogP contribution in [0.15, 0.2) is 37.6 Å². The standard InChI is InChI=1S/C10H9Br2N3O2S2/c11-6-2-9(10(13)14-3-6)19(16,17)15-4-8-1-7(12)5-18-8/h1-3,5,15H,4H2,(H2,13,14). The fraction of sp³-hybridized carbons (Fsp3) is 0.100. The van der Waals surface area contributed by atoms with E-state index in [2.05, 4.69) is 41.6 Å². The summed E-state index contributed by atoms with van der Waals surface area (Å²) in [6.07, 6.45) is 1.45. The number of sulfonamides is 1. The number of nitrogen functional groups attached to an aromatic ring is 1. The van der Waals surface area contributed by atoms with Crippen molar-refractivity contribution in [3.8, 4) is 0 Å². The van der Waals surface area contributed by atoms with Gasteiger partial charge in [0.15, 0.2) is 0 Å². The van der Waals surface area contributed by atoms with Crippen LogP contribution in [0.3, 0.4) is 0 Å². The molecule has 0 aliphatic heterocycles. The van der Waals surface area contributed by atoms with E-state index in [4.69, 9.17) is 5.73 Å². The molecule has 0 aromatic carbocycles. The van der Waals surface area contributed by atoms with E-state index in [0.29, 0.717) is 4.47 Å². The van der Waals surface area contributed by atoms with Crippen molar-refractivity contribution in [2.45, 2.75) is 11.4 Å². The van der Waals surface area contributed by atoms with Crippen molar-refractivity contribution in [3.63, 3.8) is 0 Å². The highest BCUT2D eigenvalue weighted by molar-refractivity contribution is 9.10. The Balaban J connectivity index is 2.20. The van der Waals surface area contributed by atoms with Gasteiger partial charge in [0.05, 0.1) is 0 Å². The average Bonchev–Trinajstić information content (AvgIpc) is 2.76. The fourth-order valence-electron chi connectivity index (χ4n) is 1.34. The molecule has 0 atom stereocenters. The molecule has 0 aliphatic rings. The number of halogens is 2. The highest BCUT2D eigenvalue weighted by Gasteiger charge is 2.18. The summed E-state index contributed by atoms with van der Waals surface area (Å²) in [6, 6.07) is 3.28. The summed E-state index contributed by atoms with van der Waals surface area (Å²) in [4.78, 5) is 4.68. The van der Waals surface area contributed by atoms with E-state index in [1.807, 2.05) is 11.4 Å². The zero-order valence-corrected chi connectivity index (χ0v) is 14.2. The van der Waals surface area contributed by atoms with E-state index in [-0.39, 0.29) is 17.3 Å². The molecule has 0 unspecified atom stereocenters. The minimum atomic E-state index is -3.68. The number of rotatable bonds is 4. The highest BCUT2D eigenvalue weighted by Crippen LogP contribution is 2.22. The van der Waals surface area contributed by atoms with Gasteiger partial charge in [0.1, 0.15) is 10.7 Å². The molecule has 2 heterocycles. The van der Waals surface area contributed by atoms with Crippen LogP contribution in [0.2, 0.25) is 0 Å². The average molecular weight is 427 g/mol. The van der Waals surface area contributed by atoms with Gasteiger partial charge in [-0.05, 0) is 44.0 Å². The summed E-state index contributed by atoms with van der Waals surface area (Å²) in [7, 11) is -3.68. The first-order chi connectivity index (χ1) is 8.88. The summed E-state index contributed by atoms with van der Waals surface area (Å²) < 4.78 is 28.2. The van der Waals surface area contributed by atoms with Crippen LogP contribution in [-0.4, -0.2) is 13.4 Å². The lowest BCUT2D eigenvalue weighted by molar-refractivity contribution is 0.582. The summed E-state index contributed by atoms with van der Waals surface area (Å²) in [5.41, 5.74) is 5.59. The molecule has 2 aromatic heterocycles. The third kappa shape index (κ3) is 3.76. The SMILES string of the molecule is Nc1ncc(Br)cc1S(=O)(=O)NCc1cc(Br)cs1. The van der Waals surface area contributed by atoms with Crippen LogP contribution in [0.1, 0.15) is 4.88 Å². The number of hydrogen-bond donors (Lipinski definition) is 2. The predicted octanol–water partition coefficient (Wildman–Crippen LogP) is 2.73. The van der Waals surface area contributed by atoms with Gasteiger partial charge in [-0.25, -0.2) is 18.1 Å². The van der Waals surface area contributed by atoms with E-state index in [9.17, 15) is 8.42 Å². The van der Waals surface area contributed by atoms with Crippen LogP contribution < -0.4 is 10.5 Å². The molecule has 0 saturated heterocycles. The van der Waals surface area contributed by atoms with Gasteiger partial charge in [-0.2, -0.15) is 0 Å². The molecular formula is C10H9Br2N3O2S2. The van der Waals surface area contributed by atoms with E-state index in [0.717, 1.165) is 9.35 Å². The van der Waals surface area contributed by atoms with Crippen molar-refractivity contribution in [2.24, 2.45) is 0 Å². The van der Waals surface area contributed by atoms with E-state index in [1.165, 1.54) is 23.6 Å². The van der Waals surface area contributed by atoms with E-state index >= 15 is 0 Å². The minimum Gasteiger partial charge on any atom is -0.383 e. The molecule has 0 amide bonds. The molecule has 0 saturated carbocycles. The van der Waals surface area contributed by atoms with E-state index < -0.39 is 10.0 Å². The molecular weight excluding hydrogens is 418 g/mol. The first kappa shape index (κ1) is 14.9. The highest BCUT2D eigenvalue weighted by atomic mass is 79.9. The summed E-state index contributed by atoms with van der Waals surface area (Å²) in [6.45, 7) is 0.213. The maximum absolute atomic E-state index is 12.1. The second kappa shape index (κ2) is 5.88. The largest absolute Gasteiger partial charge is 0.383 e. The number of nitrogens with zero attached hydrogens (tertiary/aromatic N) is 1. The van der Waals surface area contributed by atoms with Gasteiger partial charge in [-0.1, -0.05) is 0 Å². The van der Waals surface area contributed by atoms with Crippen molar-refractivity contribution in [2.75, 3.05) is 5.73 Å². The Morgan fingerprint density at radius 3 is 2.68 bits per heavy atom. The fourth-order valence-corrected chi connectivity index (χ4v) is 4.41. The number of pyridine rings is 1. The molecule has 2 aromatic rings. The van der Waals surface area contributed by atoms with Crippen molar-refractivity contribution in [1.29, 1.82) is 0 Å². The number of hydrogen-bond acceptors (Lipinski definition) is 5. The van der Waals surface area contributed by atoms with Crippen molar-refractivity contribution < 1.29 is 8.42 Å². The van der Waals surface area contributed by atoms with Crippen LogP contribution in [0, 0.1) is 0 Å². The Morgan fingerprint density at radius 1 is 1.32 bits per heavy atom. The molecule has 9 heteroatoms. The third-order valence-corrected chi connectivity index (χ3v) is 5.76. The Bertz CT molecular complexity index is 701. The molecule has 0 fully saturated rings. The monoisotopic (exact) mass is 425 g/mol. The number of thiophene rings is 1. The summed E-state index contributed by atoms with van der Waals surface area (Å²) in [5, 5.41) is 1.89. The molecule has 0 radical (unpaired) electrons. The van der Waals surface area contributed by atoms with Crippen molar-refractivity contribution in [3.05, 3.63) is 37.5 Å². The number of nitrogens with one attached hydrogen (secondary N) is 1. The minimum absolute atomic E-state index is 0.0249. The summed E-state index contributed by atoms with van der Waals surface area (Å²) in [5.74, 6) is -0.0249. The van der Waals surface area contributed by atoms with Gasteiger partial charge in [0.2, 0.25) is 10.0 Å². The van der Waals surface area contributed by atoms with Crippen LogP contribution >= 0.6 is 43.2 Å². The second-order valence-electron chi connectivity index (χ2n) is 3.59. The van der Waals surface area contributed by atoms with Crippen LogP contribution in [0.4, 0.5) is 5.82 Å². The van der Waals surface area contributed by atoms with Gasteiger partial charge >= 0.3 is 0 Å². The molecule has 0 bridgehead atoms. The molecule has 102 valence electrons. The predicted molar refractivity (Wildman–Crippen MR) is 82.4 cm³/mol. The van der Waals surface area contributed by atoms with Gasteiger partial charge in [0, 0.05) is 31.9 Å². The number of aromatic nitrogens is 1. The van der Waals surface area contributed by atoms with E-state index in [1.54, 1.807) is 0 Å². The lowest BCUT2D eigenvalue weighted by atomic mass is 10.5. The van der Waals surface area contributed by atoms with Gasteiger partial charge < -0.3 is 5.73 Å². The molecule has 0 aliphatic carbocycles. The Labute approximate surface area is 131 Å². The van der Waals surface area contributed by atoms with Crippen LogP contribution in [-0.2, 0) is 16.6 Å². The maximum Gasteiger partial charge on any atom is 0.244 e.